The van der Waals surface area contributed by atoms with Crippen molar-refractivity contribution in [3.8, 4) is 22.6 Å². The highest BCUT2D eigenvalue weighted by atomic mass is 16.6. The summed E-state index contributed by atoms with van der Waals surface area (Å²) in [4.78, 5) is 0. The summed E-state index contributed by atoms with van der Waals surface area (Å²) in [7, 11) is 0. The van der Waals surface area contributed by atoms with E-state index < -0.39 is 5.41 Å². The van der Waals surface area contributed by atoms with Crippen LogP contribution < -0.4 is 9.47 Å². The van der Waals surface area contributed by atoms with E-state index >= 15 is 0 Å². The average Bonchev–Trinajstić information content (AvgIpc) is 3.12. The van der Waals surface area contributed by atoms with Gasteiger partial charge in [0.25, 0.3) is 0 Å². The lowest BCUT2D eigenvalue weighted by Gasteiger charge is -2.34. The van der Waals surface area contributed by atoms with Gasteiger partial charge in [-0.3, -0.25) is 0 Å². The molecule has 1 aliphatic carbocycles. The maximum Gasteiger partial charge on any atom is 0.186 e. The van der Waals surface area contributed by atoms with Crippen LogP contribution in [0.2, 0.25) is 0 Å². The molecular weight excluding hydrogens is 384 g/mol. The Hall–Kier alpha value is -3.56. The van der Waals surface area contributed by atoms with Gasteiger partial charge in [-0.05, 0) is 64.6 Å². The topological polar surface area (TPSA) is 38.7 Å². The minimum Gasteiger partial charge on any atom is -0.494 e. The number of benzene rings is 4. The molecule has 0 fully saturated rings. The number of ether oxygens (including phenoxy) is 2. The molecule has 0 aliphatic heterocycles. The van der Waals surface area contributed by atoms with Gasteiger partial charge in [-0.1, -0.05) is 72.8 Å². The Morgan fingerprint density at radius 2 is 1.06 bits per heavy atom. The van der Waals surface area contributed by atoms with E-state index in [0.29, 0.717) is 12.4 Å². The van der Waals surface area contributed by atoms with Crippen molar-refractivity contribution in [3.05, 3.63) is 119 Å². The summed E-state index contributed by atoms with van der Waals surface area (Å²) in [6.07, 6.45) is 0. The van der Waals surface area contributed by atoms with Gasteiger partial charge in [0.1, 0.15) is 11.5 Å². The Labute approximate surface area is 182 Å². The van der Waals surface area contributed by atoms with Gasteiger partial charge in [-0.15, -0.1) is 0 Å². The lowest BCUT2D eigenvalue weighted by Crippen LogP contribution is -2.28. The molecule has 0 radical (unpaired) electrons. The first-order valence-electron chi connectivity index (χ1n) is 10.6. The summed E-state index contributed by atoms with van der Waals surface area (Å²) < 4.78 is 11.0. The molecule has 3 nitrogen and oxygen atoms in total. The maximum absolute atomic E-state index is 9.13. The molecular formula is C28H24O3. The Kier molecular flexibility index (Phi) is 4.97. The van der Waals surface area contributed by atoms with Crippen LogP contribution in [0, 0.1) is 0 Å². The van der Waals surface area contributed by atoms with Crippen molar-refractivity contribution in [2.45, 2.75) is 12.3 Å². The molecule has 0 amide bonds. The van der Waals surface area contributed by atoms with Crippen molar-refractivity contribution in [1.82, 2.24) is 0 Å². The first-order valence-corrected chi connectivity index (χ1v) is 10.6. The van der Waals surface area contributed by atoms with E-state index in [4.69, 9.17) is 14.6 Å². The summed E-state index contributed by atoms with van der Waals surface area (Å²) in [6, 6.07) is 33.7. The molecule has 0 heterocycles. The van der Waals surface area contributed by atoms with Crippen LogP contribution in [0.25, 0.3) is 11.1 Å². The van der Waals surface area contributed by atoms with Crippen molar-refractivity contribution in [3.63, 3.8) is 0 Å². The van der Waals surface area contributed by atoms with Gasteiger partial charge in [-0.2, -0.15) is 0 Å². The third-order valence-electron chi connectivity index (χ3n) is 6.07. The van der Waals surface area contributed by atoms with E-state index in [-0.39, 0.29) is 6.79 Å². The Balaban J connectivity index is 1.80. The van der Waals surface area contributed by atoms with E-state index in [9.17, 15) is 0 Å². The molecule has 4 aromatic rings. The van der Waals surface area contributed by atoms with Crippen LogP contribution in [0.15, 0.2) is 97.1 Å². The predicted octanol–water partition coefficient (Wildman–Crippen LogP) is 5.78. The molecule has 0 bridgehead atoms. The van der Waals surface area contributed by atoms with E-state index in [2.05, 4.69) is 72.8 Å². The second-order valence-electron chi connectivity index (χ2n) is 7.60. The fraction of sp³-hybridized carbons (Fsp3) is 0.143. The Bertz CT molecular complexity index is 1100. The molecule has 5 rings (SSSR count). The van der Waals surface area contributed by atoms with Crippen LogP contribution in [-0.2, 0) is 5.41 Å². The lowest BCUT2D eigenvalue weighted by atomic mass is 9.68. The molecule has 1 aliphatic rings. The van der Waals surface area contributed by atoms with Gasteiger partial charge in [0.15, 0.2) is 6.79 Å². The van der Waals surface area contributed by atoms with Crippen molar-refractivity contribution in [1.29, 1.82) is 0 Å². The van der Waals surface area contributed by atoms with Crippen molar-refractivity contribution < 1.29 is 14.6 Å². The van der Waals surface area contributed by atoms with Crippen LogP contribution in [0.1, 0.15) is 29.2 Å². The molecule has 0 saturated heterocycles. The zero-order chi connectivity index (χ0) is 21.3. The highest BCUT2D eigenvalue weighted by molar-refractivity contribution is 5.86. The SMILES string of the molecule is CCOc1ccc(C2(c3ccc(OCO)cc3)c3ccccc3-c3ccccc32)cc1. The van der Waals surface area contributed by atoms with E-state index in [1.54, 1.807) is 0 Å². The van der Waals surface area contributed by atoms with Gasteiger partial charge in [0.2, 0.25) is 0 Å². The molecule has 4 aromatic carbocycles. The number of hydrogen-bond acceptors (Lipinski definition) is 3. The van der Waals surface area contributed by atoms with Crippen LogP contribution in [0.5, 0.6) is 11.5 Å². The van der Waals surface area contributed by atoms with E-state index in [0.717, 1.165) is 11.3 Å². The largest absolute Gasteiger partial charge is 0.494 e. The molecule has 0 unspecified atom stereocenters. The number of aliphatic hydroxyl groups is 1. The highest BCUT2D eigenvalue weighted by Gasteiger charge is 2.45. The summed E-state index contributed by atoms with van der Waals surface area (Å²) in [5.41, 5.74) is 6.91. The summed E-state index contributed by atoms with van der Waals surface area (Å²) >= 11 is 0. The minimum atomic E-state index is -0.449. The van der Waals surface area contributed by atoms with Gasteiger partial charge in [0, 0.05) is 0 Å². The third kappa shape index (κ3) is 3.01. The third-order valence-corrected chi connectivity index (χ3v) is 6.07. The molecule has 0 saturated carbocycles. The first kappa shape index (κ1) is 19.4. The molecule has 0 spiro atoms. The van der Waals surface area contributed by atoms with Crippen LogP contribution in [-0.4, -0.2) is 18.5 Å². The molecule has 154 valence electrons. The zero-order valence-corrected chi connectivity index (χ0v) is 17.4. The van der Waals surface area contributed by atoms with E-state index in [1.165, 1.54) is 27.8 Å². The molecule has 3 heteroatoms. The Morgan fingerprint density at radius 1 is 0.613 bits per heavy atom. The highest BCUT2D eigenvalue weighted by Crippen LogP contribution is 2.56. The Morgan fingerprint density at radius 3 is 1.52 bits per heavy atom. The van der Waals surface area contributed by atoms with Crippen molar-refractivity contribution >= 4 is 0 Å². The number of fused-ring (bicyclic) bond motifs is 3. The monoisotopic (exact) mass is 408 g/mol. The first-order chi connectivity index (χ1) is 15.3. The molecule has 1 N–H and O–H groups in total. The standard InChI is InChI=1S/C28H24O3/c1-2-30-22-15-11-20(12-16-22)28(21-13-17-23(18-14-21)31-19-29)26-9-5-3-7-24(26)25-8-4-6-10-27(25)28/h3-18,29H,2,19H2,1H3. The second kappa shape index (κ2) is 7.93. The van der Waals surface area contributed by atoms with Crippen LogP contribution >= 0.6 is 0 Å². The molecule has 31 heavy (non-hydrogen) atoms. The quantitative estimate of drug-likeness (QED) is 0.362. The van der Waals surface area contributed by atoms with E-state index in [1.807, 2.05) is 31.2 Å². The molecule has 0 atom stereocenters. The summed E-state index contributed by atoms with van der Waals surface area (Å²) in [5, 5.41) is 9.13. The van der Waals surface area contributed by atoms with Gasteiger partial charge >= 0.3 is 0 Å². The van der Waals surface area contributed by atoms with Crippen molar-refractivity contribution in [2.24, 2.45) is 0 Å². The van der Waals surface area contributed by atoms with Gasteiger partial charge in [-0.25, -0.2) is 0 Å². The van der Waals surface area contributed by atoms with Gasteiger partial charge < -0.3 is 14.6 Å². The summed E-state index contributed by atoms with van der Waals surface area (Å²) in [5.74, 6) is 1.51. The summed E-state index contributed by atoms with van der Waals surface area (Å²) in [6.45, 7) is 2.30. The average molecular weight is 408 g/mol. The fourth-order valence-corrected chi connectivity index (χ4v) is 4.87. The van der Waals surface area contributed by atoms with Crippen molar-refractivity contribution in [2.75, 3.05) is 13.4 Å². The smallest absolute Gasteiger partial charge is 0.186 e. The zero-order valence-electron chi connectivity index (χ0n) is 17.4. The van der Waals surface area contributed by atoms with Crippen LogP contribution in [0.3, 0.4) is 0 Å². The molecule has 0 aromatic heterocycles. The second-order valence-corrected chi connectivity index (χ2v) is 7.60. The maximum atomic E-state index is 9.13. The predicted molar refractivity (Wildman–Crippen MR) is 123 cm³/mol. The lowest BCUT2D eigenvalue weighted by molar-refractivity contribution is 0.0985. The number of rotatable bonds is 6. The minimum absolute atomic E-state index is 0.338. The van der Waals surface area contributed by atoms with Crippen LogP contribution in [0.4, 0.5) is 0 Å². The normalized spacial score (nSPS) is 13.4. The fourth-order valence-electron chi connectivity index (χ4n) is 4.87. The number of aliphatic hydroxyl groups excluding tert-OH is 1. The van der Waals surface area contributed by atoms with Gasteiger partial charge in [0.05, 0.1) is 12.0 Å². The number of hydrogen-bond donors (Lipinski definition) is 1.